The maximum Gasteiger partial charge on any atom is 0.328 e. The summed E-state index contributed by atoms with van der Waals surface area (Å²) in [5.74, 6) is -1.89. The SMILES string of the molecule is C.Cc1ccc(P(=O)(c2ccc(C)cc2)c2c(F)ccc(-c3nc(Oc4ccccc4)nc(Oc4ccccc4)n3)c2F)cc1.Cc1ccc(P(Cl)c2ccc(C)cc2)cc1.Fc1ccc(-c2nc(Oc3ccccc3)nc(Oc3ccccc3)n2)c(F)c1. The van der Waals surface area contributed by atoms with Crippen molar-refractivity contribution < 1.29 is 41.1 Å². The molecule has 0 saturated heterocycles. The highest BCUT2D eigenvalue weighted by atomic mass is 35.7. The number of aromatic nitrogens is 6. The van der Waals surface area contributed by atoms with Gasteiger partial charge in [0.1, 0.15) is 46.3 Å². The summed E-state index contributed by atoms with van der Waals surface area (Å²) in [6, 6.07) is 70.8. The number of ether oxygens (including phenoxy) is 4. The van der Waals surface area contributed by atoms with Crippen molar-refractivity contribution in [1.29, 1.82) is 0 Å². The van der Waals surface area contributed by atoms with E-state index < -0.39 is 43.0 Å². The van der Waals surface area contributed by atoms with Crippen LogP contribution in [0.15, 0.2) is 249 Å². The second-order valence-corrected chi connectivity index (χ2v) is 25.0. The average Bonchev–Trinajstić information content (AvgIpc) is 1.12. The van der Waals surface area contributed by atoms with Gasteiger partial charge in [-0.15, -0.1) is 9.97 Å². The fraction of sp³-hybridized carbons (Fsp3) is 0.0704. The van der Waals surface area contributed by atoms with E-state index in [4.69, 9.17) is 30.2 Å². The topological polar surface area (TPSA) is 131 Å². The zero-order valence-corrected chi connectivity index (χ0v) is 50.2. The third-order valence-electron chi connectivity index (χ3n) is 13.1. The number of halogens is 5. The van der Waals surface area contributed by atoms with Crippen LogP contribution < -0.4 is 45.5 Å². The summed E-state index contributed by atoms with van der Waals surface area (Å²) in [5.41, 5.74) is 4.18. The van der Waals surface area contributed by atoms with Gasteiger partial charge >= 0.3 is 24.0 Å². The molecule has 11 nitrogen and oxygen atoms in total. The molecule has 0 bridgehead atoms. The molecule has 0 radical (unpaired) electrons. The molecular formula is C71H57ClF4N6O5P2. The van der Waals surface area contributed by atoms with E-state index in [9.17, 15) is 8.78 Å². The van der Waals surface area contributed by atoms with Crippen molar-refractivity contribution in [2.24, 2.45) is 0 Å². The van der Waals surface area contributed by atoms with Crippen molar-refractivity contribution >= 4 is 52.2 Å². The Kier molecular flexibility index (Phi) is 21.2. The second-order valence-electron chi connectivity index (χ2n) is 19.7. The number of para-hydroxylation sites is 4. The third-order valence-corrected chi connectivity index (χ3v) is 18.9. The summed E-state index contributed by atoms with van der Waals surface area (Å²) in [5, 5.41) is 2.44. The van der Waals surface area contributed by atoms with Crippen LogP contribution in [0.4, 0.5) is 17.6 Å². The Bertz CT molecular complexity index is 4130. The number of hydrogen-bond donors (Lipinski definition) is 0. The lowest BCUT2D eigenvalue weighted by molar-refractivity contribution is 0.397. The molecule has 12 rings (SSSR count). The van der Waals surface area contributed by atoms with Gasteiger partial charge in [-0.1, -0.05) is 211 Å². The first-order valence-corrected chi connectivity index (χ1v) is 31.3. The zero-order valence-electron chi connectivity index (χ0n) is 47.7. The van der Waals surface area contributed by atoms with Gasteiger partial charge in [0.15, 0.2) is 18.8 Å². The summed E-state index contributed by atoms with van der Waals surface area (Å²) < 4.78 is 98.1. The van der Waals surface area contributed by atoms with Crippen molar-refractivity contribution in [3.8, 4) is 69.8 Å². The maximum absolute atomic E-state index is 16.8. The van der Waals surface area contributed by atoms with Crippen LogP contribution in [-0.4, -0.2) is 29.9 Å². The molecule has 2 heterocycles. The Morgan fingerprint density at radius 1 is 0.371 bits per heavy atom. The van der Waals surface area contributed by atoms with Crippen molar-refractivity contribution in [1.82, 2.24) is 29.9 Å². The molecule has 18 heteroatoms. The lowest BCUT2D eigenvalue weighted by Gasteiger charge is -2.22. The Morgan fingerprint density at radius 3 is 1.02 bits per heavy atom. The fourth-order valence-corrected chi connectivity index (χ4v) is 13.1. The molecular weight excluding hydrogens is 1190 g/mol. The predicted octanol–water partition coefficient (Wildman–Crippen LogP) is 17.6. The second kappa shape index (κ2) is 29.7. The zero-order chi connectivity index (χ0) is 61.6. The number of rotatable bonds is 15. The minimum Gasteiger partial charge on any atom is -0.424 e. The van der Waals surface area contributed by atoms with Crippen LogP contribution in [0.25, 0.3) is 22.8 Å². The van der Waals surface area contributed by atoms with E-state index in [1.807, 2.05) is 38.1 Å². The molecule has 0 aliphatic carbocycles. The fourth-order valence-electron chi connectivity index (χ4n) is 8.57. The highest BCUT2D eigenvalue weighted by Crippen LogP contribution is 2.46. The number of benzene rings is 10. The molecule has 89 heavy (non-hydrogen) atoms. The lowest BCUT2D eigenvalue weighted by Crippen LogP contribution is -2.30. The van der Waals surface area contributed by atoms with Gasteiger partial charge in [0.25, 0.3) is 0 Å². The van der Waals surface area contributed by atoms with E-state index in [0.29, 0.717) is 33.6 Å². The summed E-state index contributed by atoms with van der Waals surface area (Å²) >= 11 is 6.50. The van der Waals surface area contributed by atoms with Gasteiger partial charge in [-0.25, -0.2) is 17.6 Å². The normalized spacial score (nSPS) is 10.8. The van der Waals surface area contributed by atoms with Gasteiger partial charge < -0.3 is 23.5 Å². The molecule has 0 aliphatic rings. The van der Waals surface area contributed by atoms with E-state index in [1.54, 1.807) is 146 Å². The Labute approximate surface area is 519 Å². The molecule has 0 spiro atoms. The minimum absolute atomic E-state index is 0. The van der Waals surface area contributed by atoms with Crippen molar-refractivity contribution in [3.63, 3.8) is 0 Å². The molecule has 0 fully saturated rings. The van der Waals surface area contributed by atoms with Crippen molar-refractivity contribution in [2.45, 2.75) is 35.1 Å². The quantitative estimate of drug-likeness (QED) is 0.0718. The first-order valence-electron chi connectivity index (χ1n) is 27.4. The van der Waals surface area contributed by atoms with Crippen LogP contribution in [-0.2, 0) is 4.57 Å². The van der Waals surface area contributed by atoms with Crippen molar-refractivity contribution in [3.05, 3.63) is 294 Å². The molecule has 12 aromatic rings. The third kappa shape index (κ3) is 16.4. The predicted molar refractivity (Wildman–Crippen MR) is 346 cm³/mol. The monoisotopic (exact) mass is 1250 g/mol. The Balaban J connectivity index is 0.000000178. The van der Waals surface area contributed by atoms with Gasteiger partial charge in [0.2, 0.25) is 0 Å². The number of nitrogens with zero attached hydrogens (tertiary/aromatic N) is 6. The highest BCUT2D eigenvalue weighted by molar-refractivity contribution is 7.95. The largest absolute Gasteiger partial charge is 0.424 e. The van der Waals surface area contributed by atoms with E-state index in [2.05, 4.69) is 92.3 Å². The first-order chi connectivity index (χ1) is 42.6. The minimum atomic E-state index is -4.06. The summed E-state index contributed by atoms with van der Waals surface area (Å²) in [7, 11) is -4.78. The van der Waals surface area contributed by atoms with E-state index in [1.165, 1.54) is 33.9 Å². The standard InChI is InChI=1S/C35H26F2N3O3P.C21H13F2N3O2.C14H14ClP.CH4/c1-23-13-17-27(18-14-23)44(41,28-19-15-24(2)16-20-28)32-30(36)22-21-29(31(32)37)33-38-34(42-25-9-5-3-6-10-25)40-35(39-33)43-26-11-7-4-8-12-26;22-14-11-12-17(18(23)13-14)19-24-20(27-15-7-3-1-4-8-15)26-21(25-19)28-16-9-5-2-6-10-16;1-11-3-7-13(8-4-11)16(15)14-9-5-12(2)6-10-14;/h3-22H,1-2H3;1-13H;3-10H,1-2H3;1H4. The summed E-state index contributed by atoms with van der Waals surface area (Å²) in [6.07, 6.45) is 0. The number of hydrogen-bond acceptors (Lipinski definition) is 11. The molecule has 10 aromatic carbocycles. The van der Waals surface area contributed by atoms with Gasteiger partial charge in [-0.2, -0.15) is 19.9 Å². The van der Waals surface area contributed by atoms with Crippen LogP contribution in [0.1, 0.15) is 29.7 Å². The average molecular weight is 1250 g/mol. The molecule has 0 atom stereocenters. The van der Waals surface area contributed by atoms with Crippen LogP contribution in [0.2, 0.25) is 0 Å². The first kappa shape index (κ1) is 63.6. The molecule has 0 N–H and O–H groups in total. The smallest absolute Gasteiger partial charge is 0.328 e. The van der Waals surface area contributed by atoms with E-state index in [0.717, 1.165) is 29.3 Å². The Hall–Kier alpha value is -9.91. The molecule has 446 valence electrons. The van der Waals surface area contributed by atoms with Crippen LogP contribution >= 0.6 is 25.7 Å². The molecule has 0 amide bonds. The van der Waals surface area contributed by atoms with Crippen LogP contribution in [0, 0.1) is 51.0 Å². The van der Waals surface area contributed by atoms with Gasteiger partial charge in [-0.05, 0) is 111 Å². The molecule has 0 unspecified atom stereocenters. The number of aryl methyl sites for hydroxylation is 4. The lowest BCUT2D eigenvalue weighted by atomic mass is 10.2. The molecule has 0 saturated carbocycles. The van der Waals surface area contributed by atoms with E-state index in [-0.39, 0.29) is 54.2 Å². The van der Waals surface area contributed by atoms with Crippen molar-refractivity contribution in [2.75, 3.05) is 0 Å². The van der Waals surface area contributed by atoms with Gasteiger partial charge in [0.05, 0.1) is 23.7 Å². The van der Waals surface area contributed by atoms with E-state index >= 15 is 13.3 Å². The van der Waals surface area contributed by atoms with Crippen LogP contribution in [0.5, 0.6) is 47.0 Å². The van der Waals surface area contributed by atoms with Gasteiger partial charge in [-0.3, -0.25) is 0 Å². The maximum atomic E-state index is 16.8. The summed E-state index contributed by atoms with van der Waals surface area (Å²) in [4.78, 5) is 25.4. The summed E-state index contributed by atoms with van der Waals surface area (Å²) in [6.45, 7) is 7.94. The highest BCUT2D eigenvalue weighted by Gasteiger charge is 2.37. The molecule has 0 aliphatic heterocycles. The molecule has 2 aromatic heterocycles. The Morgan fingerprint density at radius 2 is 0.685 bits per heavy atom. The van der Waals surface area contributed by atoms with Crippen LogP contribution in [0.3, 0.4) is 0 Å². The van der Waals surface area contributed by atoms with Gasteiger partial charge in [0, 0.05) is 16.7 Å².